The smallest absolute Gasteiger partial charge is 0.410 e. The van der Waals surface area contributed by atoms with E-state index in [1.807, 2.05) is 20.8 Å². The van der Waals surface area contributed by atoms with Gasteiger partial charge in [0.05, 0.1) is 5.69 Å². The van der Waals surface area contributed by atoms with Crippen molar-refractivity contribution in [2.75, 3.05) is 13.1 Å². The van der Waals surface area contributed by atoms with Gasteiger partial charge in [0, 0.05) is 24.2 Å². The molecule has 1 N–H and O–H groups in total. The minimum absolute atomic E-state index is 0.250. The Morgan fingerprint density at radius 2 is 2.00 bits per heavy atom. The maximum Gasteiger partial charge on any atom is 0.410 e. The Balaban J connectivity index is 1.62. The number of ether oxygens (including phenoxy) is 1. The van der Waals surface area contributed by atoms with E-state index in [-0.39, 0.29) is 6.09 Å². The lowest BCUT2D eigenvalue weighted by atomic mass is 9.97. The SMILES string of the molecule is CC1CCc2[nH]c3ncnc(C4=CCN(C(=O)OC(C)(C)C)CC4)c3c2CC1. The fourth-order valence-corrected chi connectivity index (χ4v) is 4.17. The van der Waals surface area contributed by atoms with Crippen molar-refractivity contribution in [1.82, 2.24) is 19.9 Å². The molecule has 0 bridgehead atoms. The van der Waals surface area contributed by atoms with Crippen molar-refractivity contribution in [1.29, 1.82) is 0 Å². The Bertz CT molecular complexity index is 922. The van der Waals surface area contributed by atoms with Gasteiger partial charge in [0.1, 0.15) is 17.6 Å². The molecule has 0 saturated carbocycles. The summed E-state index contributed by atoms with van der Waals surface area (Å²) in [5, 5.41) is 1.18. The topological polar surface area (TPSA) is 71.1 Å². The Labute approximate surface area is 166 Å². The Morgan fingerprint density at radius 3 is 2.71 bits per heavy atom. The Hall–Kier alpha value is -2.37. The van der Waals surface area contributed by atoms with E-state index in [4.69, 9.17) is 4.74 Å². The third-order valence-electron chi connectivity index (χ3n) is 5.72. The van der Waals surface area contributed by atoms with E-state index in [0.717, 1.165) is 36.5 Å². The maximum absolute atomic E-state index is 12.3. The van der Waals surface area contributed by atoms with Gasteiger partial charge < -0.3 is 14.6 Å². The van der Waals surface area contributed by atoms with Crippen LogP contribution in [0.4, 0.5) is 4.79 Å². The van der Waals surface area contributed by atoms with E-state index < -0.39 is 5.60 Å². The average Bonchev–Trinajstić information content (AvgIpc) is 2.91. The van der Waals surface area contributed by atoms with E-state index in [0.29, 0.717) is 13.1 Å². The standard InChI is InChI=1S/C22H30N4O2/c1-14-5-7-16-17(8-6-14)25-20-18(16)19(23-13-24-20)15-9-11-26(12-10-15)21(27)28-22(2,3)4/h9,13-14H,5-8,10-12H2,1-4H3,(H,23,24,25). The molecule has 1 aliphatic heterocycles. The van der Waals surface area contributed by atoms with Crippen LogP contribution in [-0.2, 0) is 17.6 Å². The largest absolute Gasteiger partial charge is 0.444 e. The number of nitrogens with zero attached hydrogens (tertiary/aromatic N) is 3. The van der Waals surface area contributed by atoms with E-state index in [9.17, 15) is 4.79 Å². The van der Waals surface area contributed by atoms with Gasteiger partial charge in [-0.05, 0) is 69.9 Å². The number of aryl methyl sites for hydroxylation is 2. The van der Waals surface area contributed by atoms with Gasteiger partial charge in [-0.3, -0.25) is 0 Å². The molecule has 1 unspecified atom stereocenters. The zero-order chi connectivity index (χ0) is 19.9. The van der Waals surface area contributed by atoms with Crippen molar-refractivity contribution in [3.63, 3.8) is 0 Å². The first-order chi connectivity index (χ1) is 13.3. The van der Waals surface area contributed by atoms with Crippen LogP contribution in [0.2, 0.25) is 0 Å². The molecule has 1 aliphatic carbocycles. The first-order valence-electron chi connectivity index (χ1n) is 10.3. The van der Waals surface area contributed by atoms with Crippen molar-refractivity contribution in [2.45, 2.75) is 65.4 Å². The summed E-state index contributed by atoms with van der Waals surface area (Å²) < 4.78 is 5.50. The van der Waals surface area contributed by atoms with Gasteiger partial charge in [-0.25, -0.2) is 14.8 Å². The van der Waals surface area contributed by atoms with Crippen molar-refractivity contribution in [3.8, 4) is 0 Å². The molecule has 2 aromatic rings. The number of H-pyrrole nitrogens is 1. The van der Waals surface area contributed by atoms with Crippen LogP contribution in [0, 0.1) is 5.92 Å². The average molecular weight is 383 g/mol. The molecule has 2 aromatic heterocycles. The fourth-order valence-electron chi connectivity index (χ4n) is 4.17. The number of carbonyl (C=O) groups excluding carboxylic acids is 1. The monoisotopic (exact) mass is 382 g/mol. The van der Waals surface area contributed by atoms with E-state index in [2.05, 4.69) is 28.0 Å². The first-order valence-corrected chi connectivity index (χ1v) is 10.3. The maximum atomic E-state index is 12.3. The predicted octanol–water partition coefficient (Wildman–Crippen LogP) is 4.50. The second kappa shape index (κ2) is 7.22. The molecular formula is C22H30N4O2. The van der Waals surface area contributed by atoms with Gasteiger partial charge in [-0.15, -0.1) is 0 Å². The summed E-state index contributed by atoms with van der Waals surface area (Å²) in [6.45, 7) is 9.22. The zero-order valence-corrected chi connectivity index (χ0v) is 17.3. The normalized spacial score (nSPS) is 20.5. The van der Waals surface area contributed by atoms with Crippen molar-refractivity contribution in [3.05, 3.63) is 29.4 Å². The number of rotatable bonds is 1. The van der Waals surface area contributed by atoms with Crippen LogP contribution in [0.3, 0.4) is 0 Å². The molecule has 6 heteroatoms. The molecule has 0 saturated heterocycles. The molecule has 0 radical (unpaired) electrons. The quantitative estimate of drug-likeness (QED) is 0.737. The molecular weight excluding hydrogens is 352 g/mol. The summed E-state index contributed by atoms with van der Waals surface area (Å²) in [6.07, 6.45) is 8.88. The molecule has 0 spiro atoms. The second-order valence-electron chi connectivity index (χ2n) is 9.12. The number of fused-ring (bicyclic) bond motifs is 3. The lowest BCUT2D eigenvalue weighted by Crippen LogP contribution is -2.39. The van der Waals surface area contributed by atoms with Crippen LogP contribution < -0.4 is 0 Å². The molecule has 2 aliphatic rings. The zero-order valence-electron chi connectivity index (χ0n) is 17.3. The van der Waals surface area contributed by atoms with Crippen LogP contribution in [0.5, 0.6) is 0 Å². The van der Waals surface area contributed by atoms with Crippen molar-refractivity contribution >= 4 is 22.7 Å². The molecule has 0 aromatic carbocycles. The number of aromatic amines is 1. The van der Waals surface area contributed by atoms with Gasteiger partial charge >= 0.3 is 6.09 Å². The Kier molecular flexibility index (Phi) is 4.89. The van der Waals surface area contributed by atoms with Crippen LogP contribution >= 0.6 is 0 Å². The fraction of sp³-hybridized carbons (Fsp3) is 0.591. The number of aromatic nitrogens is 3. The minimum atomic E-state index is -0.472. The number of carbonyl (C=O) groups is 1. The highest BCUT2D eigenvalue weighted by Crippen LogP contribution is 2.34. The third-order valence-corrected chi connectivity index (χ3v) is 5.72. The van der Waals surface area contributed by atoms with Gasteiger partial charge in [0.2, 0.25) is 0 Å². The molecule has 1 amide bonds. The lowest BCUT2D eigenvalue weighted by molar-refractivity contribution is 0.0270. The molecule has 0 fully saturated rings. The number of hydrogen-bond acceptors (Lipinski definition) is 4. The highest BCUT2D eigenvalue weighted by Gasteiger charge is 2.26. The highest BCUT2D eigenvalue weighted by molar-refractivity contribution is 5.92. The number of hydrogen-bond donors (Lipinski definition) is 1. The molecule has 150 valence electrons. The summed E-state index contributed by atoms with van der Waals surface area (Å²) in [6, 6.07) is 0. The lowest BCUT2D eigenvalue weighted by Gasteiger charge is -2.29. The molecule has 3 heterocycles. The van der Waals surface area contributed by atoms with E-state index in [1.165, 1.54) is 35.1 Å². The summed E-state index contributed by atoms with van der Waals surface area (Å²) in [5.41, 5.74) is 5.42. The summed E-state index contributed by atoms with van der Waals surface area (Å²) in [5.74, 6) is 0.750. The van der Waals surface area contributed by atoms with Gasteiger partial charge in [0.25, 0.3) is 0 Å². The summed E-state index contributed by atoms with van der Waals surface area (Å²) >= 11 is 0. The molecule has 28 heavy (non-hydrogen) atoms. The number of nitrogens with one attached hydrogen (secondary N) is 1. The third kappa shape index (κ3) is 3.77. The molecule has 4 rings (SSSR count). The summed E-state index contributed by atoms with van der Waals surface area (Å²) in [4.78, 5) is 26.8. The van der Waals surface area contributed by atoms with Crippen LogP contribution in [-0.4, -0.2) is 44.6 Å². The first kappa shape index (κ1) is 19.0. The van der Waals surface area contributed by atoms with Gasteiger partial charge in [-0.2, -0.15) is 0 Å². The number of amides is 1. The summed E-state index contributed by atoms with van der Waals surface area (Å²) in [7, 11) is 0. The molecule has 6 nitrogen and oxygen atoms in total. The van der Waals surface area contributed by atoms with Crippen molar-refractivity contribution in [2.24, 2.45) is 5.92 Å². The van der Waals surface area contributed by atoms with Crippen LogP contribution in [0.15, 0.2) is 12.4 Å². The van der Waals surface area contributed by atoms with E-state index >= 15 is 0 Å². The van der Waals surface area contributed by atoms with Crippen LogP contribution in [0.25, 0.3) is 16.6 Å². The van der Waals surface area contributed by atoms with E-state index in [1.54, 1.807) is 11.2 Å². The van der Waals surface area contributed by atoms with Crippen LogP contribution in [0.1, 0.15) is 63.9 Å². The predicted molar refractivity (Wildman–Crippen MR) is 110 cm³/mol. The Morgan fingerprint density at radius 1 is 1.21 bits per heavy atom. The second-order valence-corrected chi connectivity index (χ2v) is 9.12. The van der Waals surface area contributed by atoms with Gasteiger partial charge in [0.15, 0.2) is 0 Å². The van der Waals surface area contributed by atoms with Gasteiger partial charge in [-0.1, -0.05) is 13.0 Å². The highest BCUT2D eigenvalue weighted by atomic mass is 16.6. The minimum Gasteiger partial charge on any atom is -0.444 e. The van der Waals surface area contributed by atoms with Crippen molar-refractivity contribution < 1.29 is 9.53 Å². The molecule has 1 atom stereocenters.